The summed E-state index contributed by atoms with van der Waals surface area (Å²) in [6.45, 7) is 7.90. The predicted octanol–water partition coefficient (Wildman–Crippen LogP) is 5.14. The van der Waals surface area contributed by atoms with Gasteiger partial charge in [-0.05, 0) is 57.4 Å². The smallest absolute Gasteiger partial charge is 0.303 e. The van der Waals surface area contributed by atoms with E-state index in [-0.39, 0.29) is 11.5 Å². The molecule has 0 spiro atoms. The molecule has 3 heterocycles. The Kier molecular flexibility index (Phi) is 6.98. The number of halogens is 3. The molecule has 0 radical (unpaired) electrons. The van der Waals surface area contributed by atoms with E-state index in [0.717, 1.165) is 31.1 Å². The second-order valence-corrected chi connectivity index (χ2v) is 9.87. The number of hydrogen-bond acceptors (Lipinski definition) is 6. The molecule has 1 aliphatic rings. The molecule has 196 valence electrons. The Hall–Kier alpha value is -3.53. The molecule has 0 saturated carbocycles. The summed E-state index contributed by atoms with van der Waals surface area (Å²) >= 11 is 0. The van der Waals surface area contributed by atoms with Crippen molar-refractivity contribution >= 4 is 28.3 Å². The van der Waals surface area contributed by atoms with Gasteiger partial charge in [0.15, 0.2) is 5.65 Å². The molecule has 0 saturated heterocycles. The number of hydrogen-bond donors (Lipinski definition) is 2. The number of rotatable bonds is 6. The van der Waals surface area contributed by atoms with E-state index in [4.69, 9.17) is 0 Å². The molecule has 1 aromatic carbocycles. The van der Waals surface area contributed by atoms with Gasteiger partial charge in [0, 0.05) is 31.8 Å². The van der Waals surface area contributed by atoms with E-state index in [9.17, 15) is 18.7 Å². The molecule has 2 N–H and O–H groups in total. The second kappa shape index (κ2) is 9.74. The fourth-order valence-electron chi connectivity index (χ4n) is 4.36. The standard InChI is InChI=1S/C27H30F3N5O2/c1-15(20-7-6-8-22(23(20)28)27(29,30)26(4,5)37)32-25-21-13-19(14-31-24(21)33-16(2)34-25)18-9-11-35(12-10-18)17(3)36/h6-9,13-15,37H,10-12H2,1-5H3,(H,31,32,33,34)/t15-/m1/s1. The van der Waals surface area contributed by atoms with Crippen LogP contribution in [0.25, 0.3) is 16.6 Å². The van der Waals surface area contributed by atoms with Crippen LogP contribution in [-0.2, 0) is 10.7 Å². The van der Waals surface area contributed by atoms with Crippen LogP contribution in [0.3, 0.4) is 0 Å². The fraction of sp³-hybridized carbons (Fsp3) is 0.407. The number of alkyl halides is 2. The first-order valence-corrected chi connectivity index (χ1v) is 12.0. The van der Waals surface area contributed by atoms with Crippen molar-refractivity contribution in [3.63, 3.8) is 0 Å². The van der Waals surface area contributed by atoms with Gasteiger partial charge in [0.05, 0.1) is 17.0 Å². The molecule has 1 aliphatic heterocycles. The van der Waals surface area contributed by atoms with Crippen molar-refractivity contribution in [2.45, 2.75) is 58.6 Å². The van der Waals surface area contributed by atoms with Crippen LogP contribution >= 0.6 is 0 Å². The Morgan fingerprint density at radius 2 is 1.97 bits per heavy atom. The van der Waals surface area contributed by atoms with Gasteiger partial charge >= 0.3 is 5.92 Å². The monoisotopic (exact) mass is 513 g/mol. The van der Waals surface area contributed by atoms with Crippen LogP contribution in [0.2, 0.25) is 0 Å². The second-order valence-electron chi connectivity index (χ2n) is 9.87. The molecule has 1 atom stereocenters. The highest BCUT2D eigenvalue weighted by Crippen LogP contribution is 2.41. The minimum absolute atomic E-state index is 0.00858. The summed E-state index contributed by atoms with van der Waals surface area (Å²) in [7, 11) is 0. The van der Waals surface area contributed by atoms with Crippen molar-refractivity contribution in [2.75, 3.05) is 18.4 Å². The minimum Gasteiger partial charge on any atom is -0.384 e. The number of benzene rings is 1. The Bertz CT molecular complexity index is 1380. The van der Waals surface area contributed by atoms with Crippen LogP contribution in [0.4, 0.5) is 19.0 Å². The van der Waals surface area contributed by atoms with Crippen molar-refractivity contribution in [3.05, 3.63) is 64.9 Å². The van der Waals surface area contributed by atoms with Gasteiger partial charge in [0.2, 0.25) is 5.91 Å². The molecular formula is C27H30F3N5O2. The van der Waals surface area contributed by atoms with Crippen LogP contribution in [0.15, 0.2) is 36.5 Å². The van der Waals surface area contributed by atoms with E-state index in [1.807, 2.05) is 12.1 Å². The molecule has 2 aromatic heterocycles. The van der Waals surface area contributed by atoms with Gasteiger partial charge in [0.25, 0.3) is 0 Å². The fourth-order valence-corrected chi connectivity index (χ4v) is 4.36. The lowest BCUT2D eigenvalue weighted by molar-refractivity contribution is -0.170. The molecule has 0 aliphatic carbocycles. The summed E-state index contributed by atoms with van der Waals surface area (Å²) in [5.74, 6) is -4.03. The van der Waals surface area contributed by atoms with Crippen molar-refractivity contribution in [2.24, 2.45) is 0 Å². The SMILES string of the molecule is CC(=O)N1CC=C(c2cnc3nc(C)nc(N[C@H](C)c4cccc(C(F)(F)C(C)(C)O)c4F)c3c2)CC1. The summed E-state index contributed by atoms with van der Waals surface area (Å²) < 4.78 is 44.9. The molecule has 0 unspecified atom stereocenters. The van der Waals surface area contributed by atoms with Crippen molar-refractivity contribution < 1.29 is 23.1 Å². The first-order valence-electron chi connectivity index (χ1n) is 12.0. The number of anilines is 1. The summed E-state index contributed by atoms with van der Waals surface area (Å²) in [5.41, 5.74) is -0.969. The maximum Gasteiger partial charge on any atom is 0.303 e. The maximum atomic E-state index is 15.3. The molecular weight excluding hydrogens is 483 g/mol. The van der Waals surface area contributed by atoms with Crippen LogP contribution in [-0.4, -0.2) is 49.6 Å². The third-order valence-corrected chi connectivity index (χ3v) is 6.64. The molecule has 4 rings (SSSR count). The lowest BCUT2D eigenvalue weighted by atomic mass is 9.91. The molecule has 0 fully saturated rings. The third kappa shape index (κ3) is 5.16. The van der Waals surface area contributed by atoms with Crippen molar-refractivity contribution in [1.82, 2.24) is 19.9 Å². The summed E-state index contributed by atoms with van der Waals surface area (Å²) in [4.78, 5) is 26.8. The number of aliphatic hydroxyl groups is 1. The quantitative estimate of drug-likeness (QED) is 0.474. The first kappa shape index (κ1) is 26.5. The molecule has 3 aromatic rings. The Balaban J connectivity index is 1.70. The highest BCUT2D eigenvalue weighted by molar-refractivity contribution is 5.89. The van der Waals surface area contributed by atoms with Crippen LogP contribution in [0.1, 0.15) is 62.7 Å². The van der Waals surface area contributed by atoms with E-state index < -0.39 is 28.9 Å². The van der Waals surface area contributed by atoms with Crippen LogP contribution in [0.5, 0.6) is 0 Å². The number of pyridine rings is 1. The number of aromatic nitrogens is 3. The van der Waals surface area contributed by atoms with Gasteiger partial charge in [0.1, 0.15) is 23.1 Å². The molecule has 0 bridgehead atoms. The molecule has 37 heavy (non-hydrogen) atoms. The Labute approximate surface area is 213 Å². The number of nitrogens with one attached hydrogen (secondary N) is 1. The summed E-state index contributed by atoms with van der Waals surface area (Å²) in [6.07, 6.45) is 4.38. The Morgan fingerprint density at radius 3 is 2.59 bits per heavy atom. The average molecular weight is 514 g/mol. The largest absolute Gasteiger partial charge is 0.384 e. The lowest BCUT2D eigenvalue weighted by Gasteiger charge is -2.30. The zero-order chi connectivity index (χ0) is 27.1. The van der Waals surface area contributed by atoms with E-state index in [1.165, 1.54) is 12.1 Å². The molecule has 1 amide bonds. The molecule has 10 heteroatoms. The zero-order valence-corrected chi connectivity index (χ0v) is 21.4. The lowest BCUT2D eigenvalue weighted by Crippen LogP contribution is -2.41. The van der Waals surface area contributed by atoms with E-state index in [2.05, 4.69) is 20.3 Å². The average Bonchev–Trinajstić information content (AvgIpc) is 2.83. The third-order valence-electron chi connectivity index (χ3n) is 6.64. The van der Waals surface area contributed by atoms with E-state index in [1.54, 1.807) is 31.9 Å². The van der Waals surface area contributed by atoms with Gasteiger partial charge in [-0.2, -0.15) is 8.78 Å². The minimum atomic E-state index is -3.80. The highest BCUT2D eigenvalue weighted by Gasteiger charge is 2.49. The summed E-state index contributed by atoms with van der Waals surface area (Å²) in [5, 5.41) is 13.7. The van der Waals surface area contributed by atoms with E-state index in [0.29, 0.717) is 42.2 Å². The number of carbonyl (C=O) groups is 1. The number of nitrogens with zero attached hydrogens (tertiary/aromatic N) is 4. The zero-order valence-electron chi connectivity index (χ0n) is 21.4. The van der Waals surface area contributed by atoms with Crippen LogP contribution < -0.4 is 5.32 Å². The molecule has 7 nitrogen and oxygen atoms in total. The van der Waals surface area contributed by atoms with Gasteiger partial charge in [-0.15, -0.1) is 0 Å². The Morgan fingerprint density at radius 1 is 1.24 bits per heavy atom. The van der Waals surface area contributed by atoms with Crippen LogP contribution in [0, 0.1) is 12.7 Å². The number of amides is 1. The van der Waals surface area contributed by atoms with Gasteiger partial charge in [-0.3, -0.25) is 4.79 Å². The number of fused-ring (bicyclic) bond motifs is 1. The van der Waals surface area contributed by atoms with Gasteiger partial charge in [-0.1, -0.05) is 18.2 Å². The number of aryl methyl sites for hydroxylation is 1. The summed E-state index contributed by atoms with van der Waals surface area (Å²) in [6, 6.07) is 4.90. The topological polar surface area (TPSA) is 91.2 Å². The van der Waals surface area contributed by atoms with Gasteiger partial charge < -0.3 is 15.3 Å². The van der Waals surface area contributed by atoms with E-state index >= 15 is 4.39 Å². The van der Waals surface area contributed by atoms with Crippen molar-refractivity contribution in [3.8, 4) is 0 Å². The van der Waals surface area contributed by atoms with Crippen molar-refractivity contribution in [1.29, 1.82) is 0 Å². The highest BCUT2D eigenvalue weighted by atomic mass is 19.3. The normalized spacial score (nSPS) is 15.5. The number of carbonyl (C=O) groups excluding carboxylic acids is 1. The predicted molar refractivity (Wildman–Crippen MR) is 136 cm³/mol. The van der Waals surface area contributed by atoms with Gasteiger partial charge in [-0.25, -0.2) is 19.3 Å². The first-order chi connectivity index (χ1) is 17.3. The maximum absolute atomic E-state index is 15.3.